The summed E-state index contributed by atoms with van der Waals surface area (Å²) in [5, 5.41) is 17.7. The first kappa shape index (κ1) is 6.63. The summed E-state index contributed by atoms with van der Waals surface area (Å²) in [7, 11) is 0. The van der Waals surface area contributed by atoms with Gasteiger partial charge < -0.3 is 10.2 Å². The Morgan fingerprint density at radius 1 is 1.08 bits per heavy atom. The lowest BCUT2D eigenvalue weighted by Gasteiger charge is -2.01. The molecule has 0 saturated heterocycles. The smallest absolute Gasteiger partial charge is 0.0567 e. The van der Waals surface area contributed by atoms with Crippen molar-refractivity contribution in [3.8, 4) is 0 Å². The van der Waals surface area contributed by atoms with Gasteiger partial charge in [0, 0.05) is 13.2 Å². The minimum Gasteiger partial charge on any atom is -0.396 e. The molecule has 0 radical (unpaired) electrons. The topological polar surface area (TPSA) is 40.5 Å². The second-order valence-corrected chi connectivity index (χ2v) is 2.59. The Balaban J connectivity index is 2.68. The summed E-state index contributed by atoms with van der Waals surface area (Å²) >= 11 is 0. The Labute approximate surface area is 75.3 Å². The molecule has 0 aromatic heterocycles. The minimum absolute atomic E-state index is 0.280. The molecule has 2 heteroatoms. The van der Waals surface area contributed by atoms with E-state index >= 15 is 0 Å². The highest BCUT2D eigenvalue weighted by Crippen LogP contribution is 2.06. The van der Waals surface area contributed by atoms with Gasteiger partial charge in [-0.25, -0.2) is 0 Å². The summed E-state index contributed by atoms with van der Waals surface area (Å²) in [5.74, 6) is 0. The van der Waals surface area contributed by atoms with E-state index in [1.54, 1.807) is 12.1 Å². The van der Waals surface area contributed by atoms with Crippen molar-refractivity contribution in [2.75, 3.05) is 13.2 Å². The summed E-state index contributed by atoms with van der Waals surface area (Å²) in [6.07, 6.45) is 0.559. The molecule has 1 aromatic carbocycles. The van der Waals surface area contributed by atoms with Gasteiger partial charge >= 0.3 is 0 Å². The van der Waals surface area contributed by atoms with E-state index in [1.807, 2.05) is 12.1 Å². The summed E-state index contributed by atoms with van der Waals surface area (Å²) in [6, 6.07) is 7.24. The van der Waals surface area contributed by atoms with Crippen LogP contribution in [0.3, 0.4) is 0 Å². The fraction of sp³-hybridized carbons (Fsp3) is 0.400. The van der Waals surface area contributed by atoms with E-state index in [-0.39, 0.29) is 12.8 Å². The lowest BCUT2D eigenvalue weighted by Crippen LogP contribution is -1.94. The van der Waals surface area contributed by atoms with Crippen molar-refractivity contribution >= 4 is 0 Å². The van der Waals surface area contributed by atoms with Gasteiger partial charge in [-0.2, -0.15) is 0 Å². The van der Waals surface area contributed by atoms with Crippen LogP contribution in [0, 0.1) is 0 Å². The summed E-state index contributed by atoms with van der Waals surface area (Å²) in [6.45, 7) is -2.21. The summed E-state index contributed by atoms with van der Waals surface area (Å²) in [5.41, 5.74) is 1.70. The van der Waals surface area contributed by atoms with Crippen molar-refractivity contribution < 1.29 is 13.0 Å². The fourth-order valence-corrected chi connectivity index (χ4v) is 1.09. The molecule has 12 heavy (non-hydrogen) atoms. The number of benzene rings is 1. The van der Waals surface area contributed by atoms with E-state index in [4.69, 9.17) is 13.0 Å². The maximum atomic E-state index is 8.86. The Kier molecular flexibility index (Phi) is 2.71. The average Bonchev–Trinajstić information content (AvgIpc) is 2.01. The molecule has 0 aliphatic heterocycles. The van der Waals surface area contributed by atoms with Gasteiger partial charge in [0.1, 0.15) is 0 Å². The molecule has 0 unspecified atom stereocenters. The second kappa shape index (κ2) is 4.91. The van der Waals surface area contributed by atoms with Crippen LogP contribution in [0.2, 0.25) is 0 Å². The molecule has 1 aromatic rings. The number of aliphatic hydroxyl groups excluding tert-OH is 2. The van der Waals surface area contributed by atoms with Crippen molar-refractivity contribution in [3.05, 3.63) is 35.4 Å². The third-order valence-electron chi connectivity index (χ3n) is 1.65. The molecule has 1 rings (SSSR count). The molecular formula is C10H14O2. The molecule has 66 valence electrons. The normalized spacial score (nSPS) is 17.8. The van der Waals surface area contributed by atoms with E-state index in [0.29, 0.717) is 0 Å². The van der Waals surface area contributed by atoms with Gasteiger partial charge in [0.2, 0.25) is 0 Å². The van der Waals surface area contributed by atoms with Crippen LogP contribution in [-0.2, 0) is 12.8 Å². The molecule has 0 spiro atoms. The lowest BCUT2D eigenvalue weighted by atomic mass is 10.1. The maximum Gasteiger partial charge on any atom is 0.0567 e. The molecule has 0 saturated carbocycles. The maximum absolute atomic E-state index is 8.86. The molecule has 0 heterocycles. The Morgan fingerprint density at radius 3 is 2.00 bits per heavy atom. The van der Waals surface area contributed by atoms with Crippen LogP contribution >= 0.6 is 0 Å². The predicted octanol–water partition coefficient (Wildman–Crippen LogP) is 0.756. The second-order valence-electron chi connectivity index (χ2n) is 2.59. The fourth-order valence-electron chi connectivity index (χ4n) is 1.09. The molecule has 0 amide bonds. The van der Waals surface area contributed by atoms with E-state index in [2.05, 4.69) is 0 Å². The van der Waals surface area contributed by atoms with Crippen LogP contribution in [0.5, 0.6) is 0 Å². The van der Waals surface area contributed by atoms with Crippen molar-refractivity contribution in [1.82, 2.24) is 0 Å². The van der Waals surface area contributed by atoms with Gasteiger partial charge in [0.15, 0.2) is 0 Å². The number of rotatable bonds is 4. The zero-order valence-corrected chi connectivity index (χ0v) is 6.77. The standard InChI is InChI=1S/C10H14O2/c11-6-4-9-2-1-3-10(8-9)5-7-12/h1-3,8,11-12H,4-7H2/i6D,7D/t6-,7-/m1/s1. The quantitative estimate of drug-likeness (QED) is 0.696. The highest BCUT2D eigenvalue weighted by molar-refractivity contribution is 5.23. The molecule has 0 aliphatic carbocycles. The van der Waals surface area contributed by atoms with E-state index in [0.717, 1.165) is 11.1 Å². The lowest BCUT2D eigenvalue weighted by molar-refractivity contribution is 0.298. The predicted molar refractivity (Wildman–Crippen MR) is 48.0 cm³/mol. The van der Waals surface area contributed by atoms with Gasteiger partial charge in [-0.3, -0.25) is 0 Å². The SMILES string of the molecule is [2H][C@@H](O)Cc1cccc(C[C@@H]([2H])O)c1. The first-order valence-electron chi connectivity index (χ1n) is 5.02. The van der Waals surface area contributed by atoms with E-state index in [1.165, 1.54) is 0 Å². The van der Waals surface area contributed by atoms with Crippen LogP contribution in [0.15, 0.2) is 24.3 Å². The van der Waals surface area contributed by atoms with Crippen LogP contribution in [0.1, 0.15) is 13.9 Å². The van der Waals surface area contributed by atoms with Crippen LogP contribution in [0.4, 0.5) is 0 Å². The highest BCUT2D eigenvalue weighted by Gasteiger charge is 1.94. The highest BCUT2D eigenvalue weighted by atomic mass is 16.3. The number of aliphatic hydroxyl groups is 2. The summed E-state index contributed by atoms with van der Waals surface area (Å²) < 4.78 is 14.0. The molecule has 2 nitrogen and oxygen atoms in total. The van der Waals surface area contributed by atoms with Crippen LogP contribution < -0.4 is 0 Å². The monoisotopic (exact) mass is 168 g/mol. The summed E-state index contributed by atoms with van der Waals surface area (Å²) in [4.78, 5) is 0. The van der Waals surface area contributed by atoms with Gasteiger partial charge in [0.05, 0.1) is 2.74 Å². The van der Waals surface area contributed by atoms with E-state index in [9.17, 15) is 0 Å². The zero-order valence-electron chi connectivity index (χ0n) is 8.77. The Morgan fingerprint density at radius 2 is 1.58 bits per heavy atom. The van der Waals surface area contributed by atoms with Crippen LogP contribution in [-0.4, -0.2) is 23.4 Å². The van der Waals surface area contributed by atoms with Gasteiger partial charge in [0.25, 0.3) is 0 Å². The molecule has 0 aliphatic rings. The third kappa shape index (κ3) is 2.64. The Hall–Kier alpha value is -0.860. The number of hydrogen-bond donors (Lipinski definition) is 2. The minimum atomic E-state index is -1.11. The van der Waals surface area contributed by atoms with Crippen molar-refractivity contribution in [2.45, 2.75) is 12.8 Å². The van der Waals surface area contributed by atoms with Crippen molar-refractivity contribution in [2.24, 2.45) is 0 Å². The van der Waals surface area contributed by atoms with Gasteiger partial charge in [-0.05, 0) is 24.0 Å². The van der Waals surface area contributed by atoms with Crippen LogP contribution in [0.25, 0.3) is 0 Å². The molecule has 2 N–H and O–H groups in total. The molecule has 0 fully saturated rings. The van der Waals surface area contributed by atoms with Crippen molar-refractivity contribution in [3.63, 3.8) is 0 Å². The van der Waals surface area contributed by atoms with Crippen molar-refractivity contribution in [1.29, 1.82) is 0 Å². The first-order valence-corrected chi connectivity index (χ1v) is 3.86. The number of aryl methyl sites for hydroxylation is 2. The van der Waals surface area contributed by atoms with Gasteiger partial charge in [-0.1, -0.05) is 24.3 Å². The largest absolute Gasteiger partial charge is 0.396 e. The molecule has 0 bridgehead atoms. The molecular weight excluding hydrogens is 152 g/mol. The Bertz CT molecular complexity index is 262. The molecule has 2 atom stereocenters. The average molecular weight is 168 g/mol. The first-order chi connectivity index (χ1) is 6.58. The third-order valence-corrected chi connectivity index (χ3v) is 1.65. The van der Waals surface area contributed by atoms with E-state index < -0.39 is 13.2 Å². The zero-order chi connectivity index (χ0) is 10.6. The van der Waals surface area contributed by atoms with Gasteiger partial charge in [-0.15, -0.1) is 0 Å². The number of hydrogen-bond acceptors (Lipinski definition) is 2.